The second kappa shape index (κ2) is 6.82. The number of carbonyl (C=O) groups excluding carboxylic acids is 1. The third-order valence-electron chi connectivity index (χ3n) is 2.67. The van der Waals surface area contributed by atoms with Crippen molar-refractivity contribution in [1.29, 1.82) is 0 Å². The number of rotatable bonds is 3. The van der Waals surface area contributed by atoms with Gasteiger partial charge in [-0.1, -0.05) is 43.3 Å². The molecule has 0 aliphatic heterocycles. The van der Waals surface area contributed by atoms with Crippen molar-refractivity contribution >= 4 is 24.0 Å². The van der Waals surface area contributed by atoms with Gasteiger partial charge in [-0.05, 0) is 30.2 Å². The average Bonchev–Trinajstić information content (AvgIpc) is 2.40. The zero-order valence-corrected chi connectivity index (χ0v) is 11.0. The van der Waals surface area contributed by atoms with Gasteiger partial charge in [-0.15, -0.1) is 12.4 Å². The summed E-state index contributed by atoms with van der Waals surface area (Å²) in [6, 6.07) is 17.2. The van der Waals surface area contributed by atoms with Crippen LogP contribution in [0.25, 0.3) is 0 Å². The summed E-state index contributed by atoms with van der Waals surface area (Å²) in [6.07, 6.45) is 0.860. The van der Waals surface area contributed by atoms with E-state index in [1.165, 1.54) is 0 Å². The first-order chi connectivity index (χ1) is 8.31. The van der Waals surface area contributed by atoms with Gasteiger partial charge in [0.1, 0.15) is 0 Å². The molecule has 0 radical (unpaired) electrons. The van der Waals surface area contributed by atoms with E-state index in [0.29, 0.717) is 0 Å². The van der Waals surface area contributed by atoms with Crippen LogP contribution in [0.1, 0.15) is 22.8 Å². The third kappa shape index (κ3) is 3.34. The van der Waals surface area contributed by atoms with Gasteiger partial charge >= 0.3 is 0 Å². The lowest BCUT2D eigenvalue weighted by Gasteiger charge is -2.08. The number of hydrogen-bond acceptors (Lipinski definition) is 1. The van der Waals surface area contributed by atoms with E-state index in [2.05, 4.69) is 12.2 Å². The Morgan fingerprint density at radius 1 is 1.00 bits per heavy atom. The van der Waals surface area contributed by atoms with E-state index in [0.717, 1.165) is 23.2 Å². The Kier molecular flexibility index (Phi) is 5.40. The normalized spacial score (nSPS) is 9.39. The number of carbonyl (C=O) groups is 1. The molecule has 0 aliphatic carbocycles. The van der Waals surface area contributed by atoms with E-state index >= 15 is 0 Å². The molecule has 0 fully saturated rings. The molecule has 3 heteroatoms. The molecular formula is C15H16ClNO. The molecule has 0 spiro atoms. The van der Waals surface area contributed by atoms with Crippen LogP contribution in [0, 0.1) is 0 Å². The van der Waals surface area contributed by atoms with Gasteiger partial charge in [0.05, 0.1) is 0 Å². The molecule has 1 N–H and O–H groups in total. The molecule has 0 bridgehead atoms. The van der Waals surface area contributed by atoms with Gasteiger partial charge in [-0.2, -0.15) is 0 Å². The van der Waals surface area contributed by atoms with Crippen molar-refractivity contribution in [3.8, 4) is 0 Å². The van der Waals surface area contributed by atoms with Crippen molar-refractivity contribution in [3.05, 3.63) is 65.7 Å². The van der Waals surface area contributed by atoms with Crippen LogP contribution in [0.15, 0.2) is 54.6 Å². The van der Waals surface area contributed by atoms with Gasteiger partial charge in [0.25, 0.3) is 5.91 Å². The van der Waals surface area contributed by atoms with E-state index < -0.39 is 0 Å². The monoisotopic (exact) mass is 261 g/mol. The Labute approximate surface area is 113 Å². The molecule has 2 rings (SSSR count). The predicted octanol–water partition coefficient (Wildman–Crippen LogP) is 3.92. The maximum absolute atomic E-state index is 12.1. The number of amides is 1. The van der Waals surface area contributed by atoms with Crippen molar-refractivity contribution in [1.82, 2.24) is 0 Å². The molecule has 0 atom stereocenters. The number of halogens is 1. The fourth-order valence-electron chi connectivity index (χ4n) is 1.77. The smallest absolute Gasteiger partial charge is 0.255 e. The lowest BCUT2D eigenvalue weighted by atomic mass is 10.0. The molecular weight excluding hydrogens is 246 g/mol. The van der Waals surface area contributed by atoms with Crippen molar-refractivity contribution in [2.45, 2.75) is 13.3 Å². The van der Waals surface area contributed by atoms with Crippen LogP contribution in [0.5, 0.6) is 0 Å². The molecule has 2 aromatic rings. The van der Waals surface area contributed by atoms with Crippen LogP contribution in [-0.4, -0.2) is 5.91 Å². The van der Waals surface area contributed by atoms with Gasteiger partial charge in [0, 0.05) is 11.3 Å². The van der Waals surface area contributed by atoms with E-state index in [9.17, 15) is 4.79 Å². The Morgan fingerprint density at radius 3 is 2.28 bits per heavy atom. The second-order valence-corrected chi connectivity index (χ2v) is 3.83. The first-order valence-electron chi connectivity index (χ1n) is 5.75. The molecule has 0 aromatic heterocycles. The van der Waals surface area contributed by atoms with Crippen LogP contribution in [-0.2, 0) is 6.42 Å². The van der Waals surface area contributed by atoms with Crippen molar-refractivity contribution in [2.24, 2.45) is 0 Å². The zero-order valence-electron chi connectivity index (χ0n) is 10.2. The van der Waals surface area contributed by atoms with Crippen molar-refractivity contribution in [2.75, 3.05) is 5.32 Å². The topological polar surface area (TPSA) is 29.1 Å². The number of aryl methyl sites for hydroxylation is 1. The molecule has 1 amide bonds. The minimum Gasteiger partial charge on any atom is -0.322 e. The van der Waals surface area contributed by atoms with E-state index in [-0.39, 0.29) is 18.3 Å². The fourth-order valence-corrected chi connectivity index (χ4v) is 1.77. The molecule has 0 saturated carbocycles. The van der Waals surface area contributed by atoms with Crippen LogP contribution in [0.2, 0.25) is 0 Å². The van der Waals surface area contributed by atoms with Crippen LogP contribution >= 0.6 is 12.4 Å². The summed E-state index contributed by atoms with van der Waals surface area (Å²) in [4.78, 5) is 12.1. The minimum atomic E-state index is -0.0475. The number of nitrogens with one attached hydrogen (secondary N) is 1. The standard InChI is InChI=1S/C15H15NO.ClH/c1-2-12-8-6-7-11-14(12)15(17)16-13-9-4-3-5-10-13;/h3-11H,2H2,1H3,(H,16,17);1H. The molecule has 0 heterocycles. The highest BCUT2D eigenvalue weighted by atomic mass is 35.5. The third-order valence-corrected chi connectivity index (χ3v) is 2.67. The highest BCUT2D eigenvalue weighted by Crippen LogP contribution is 2.13. The Hall–Kier alpha value is -1.80. The van der Waals surface area contributed by atoms with Crippen molar-refractivity contribution in [3.63, 3.8) is 0 Å². The van der Waals surface area contributed by atoms with Crippen molar-refractivity contribution < 1.29 is 4.79 Å². The second-order valence-electron chi connectivity index (χ2n) is 3.83. The number of anilines is 1. The molecule has 0 unspecified atom stereocenters. The lowest BCUT2D eigenvalue weighted by molar-refractivity contribution is 0.102. The first-order valence-corrected chi connectivity index (χ1v) is 5.75. The summed E-state index contributed by atoms with van der Waals surface area (Å²) in [5.41, 5.74) is 2.64. The van der Waals surface area contributed by atoms with Crippen LogP contribution < -0.4 is 5.32 Å². The minimum absolute atomic E-state index is 0. The fraction of sp³-hybridized carbons (Fsp3) is 0.133. The number of benzene rings is 2. The maximum Gasteiger partial charge on any atom is 0.255 e. The largest absolute Gasteiger partial charge is 0.322 e. The van der Waals surface area contributed by atoms with Gasteiger partial charge in [0.2, 0.25) is 0 Å². The summed E-state index contributed by atoms with van der Waals surface area (Å²) in [5, 5.41) is 2.89. The van der Waals surface area contributed by atoms with E-state index in [1.807, 2.05) is 54.6 Å². The predicted molar refractivity (Wildman–Crippen MR) is 77.5 cm³/mol. The van der Waals surface area contributed by atoms with Crippen LogP contribution in [0.4, 0.5) is 5.69 Å². The van der Waals surface area contributed by atoms with Gasteiger partial charge in [0.15, 0.2) is 0 Å². The molecule has 94 valence electrons. The summed E-state index contributed by atoms with van der Waals surface area (Å²) in [6.45, 7) is 2.05. The highest BCUT2D eigenvalue weighted by Gasteiger charge is 2.09. The Balaban J connectivity index is 0.00000162. The summed E-state index contributed by atoms with van der Waals surface area (Å²) in [5.74, 6) is -0.0475. The number of hydrogen-bond donors (Lipinski definition) is 1. The summed E-state index contributed by atoms with van der Waals surface area (Å²) >= 11 is 0. The Morgan fingerprint density at radius 2 is 1.61 bits per heavy atom. The van der Waals surface area contributed by atoms with Gasteiger partial charge in [-0.3, -0.25) is 4.79 Å². The van der Waals surface area contributed by atoms with Crippen LogP contribution in [0.3, 0.4) is 0 Å². The SMILES string of the molecule is CCc1ccccc1C(=O)Nc1ccccc1.Cl. The molecule has 18 heavy (non-hydrogen) atoms. The lowest BCUT2D eigenvalue weighted by Crippen LogP contribution is -2.13. The average molecular weight is 262 g/mol. The summed E-state index contributed by atoms with van der Waals surface area (Å²) < 4.78 is 0. The molecule has 2 aromatic carbocycles. The maximum atomic E-state index is 12.1. The molecule has 0 aliphatic rings. The molecule has 2 nitrogen and oxygen atoms in total. The van der Waals surface area contributed by atoms with E-state index in [4.69, 9.17) is 0 Å². The Bertz CT molecular complexity index is 511. The quantitative estimate of drug-likeness (QED) is 0.891. The van der Waals surface area contributed by atoms with Gasteiger partial charge in [-0.25, -0.2) is 0 Å². The summed E-state index contributed by atoms with van der Waals surface area (Å²) in [7, 11) is 0. The highest BCUT2D eigenvalue weighted by molar-refractivity contribution is 6.05. The molecule has 0 saturated heterocycles. The van der Waals surface area contributed by atoms with E-state index in [1.54, 1.807) is 0 Å². The van der Waals surface area contributed by atoms with Gasteiger partial charge < -0.3 is 5.32 Å². The number of para-hydroxylation sites is 1. The first kappa shape index (κ1) is 14.3. The zero-order chi connectivity index (χ0) is 12.1.